The second-order valence-electron chi connectivity index (χ2n) is 5.46. The molecule has 0 aromatic carbocycles. The molecule has 16 heavy (non-hydrogen) atoms. The van der Waals surface area contributed by atoms with Crippen molar-refractivity contribution in [3.8, 4) is 0 Å². The Kier molecular flexibility index (Phi) is 2.43. The zero-order valence-electron chi connectivity index (χ0n) is 10.1. The predicted molar refractivity (Wildman–Crippen MR) is 55.6 cm³/mol. The summed E-state index contributed by atoms with van der Waals surface area (Å²) >= 11 is 0. The van der Waals surface area contributed by atoms with Crippen LogP contribution in [-0.4, -0.2) is 51.1 Å². The van der Waals surface area contributed by atoms with Crippen LogP contribution in [0.1, 0.15) is 27.7 Å². The quantitative estimate of drug-likeness (QED) is 0.605. The largest absolute Gasteiger partial charge is 0.391 e. The molecule has 0 saturated carbocycles. The lowest BCUT2D eigenvalue weighted by molar-refractivity contribution is -0.546. The van der Waals surface area contributed by atoms with Gasteiger partial charge in [-0.1, -0.05) is 13.8 Å². The fourth-order valence-corrected chi connectivity index (χ4v) is 2.68. The average Bonchev–Trinajstić information content (AvgIpc) is 2.20. The van der Waals surface area contributed by atoms with Gasteiger partial charge < -0.3 is 24.8 Å². The minimum absolute atomic E-state index is 0.0836. The molecule has 0 radical (unpaired) electrons. The monoisotopic (exact) mass is 232 g/mol. The van der Waals surface area contributed by atoms with Gasteiger partial charge in [0.05, 0.1) is 6.10 Å². The minimum Gasteiger partial charge on any atom is -0.391 e. The summed E-state index contributed by atoms with van der Waals surface area (Å²) in [5.74, 6) is -1.31. The van der Waals surface area contributed by atoms with Crippen LogP contribution in [-0.2, 0) is 9.47 Å². The van der Waals surface area contributed by atoms with Gasteiger partial charge in [0, 0.05) is 0 Å². The van der Waals surface area contributed by atoms with Gasteiger partial charge in [-0.3, -0.25) is 0 Å². The number of fused-ring (bicyclic) bond motifs is 2. The zero-order valence-corrected chi connectivity index (χ0v) is 10.1. The van der Waals surface area contributed by atoms with Crippen LogP contribution in [0.15, 0.2) is 0 Å². The molecule has 5 unspecified atom stereocenters. The lowest BCUT2D eigenvalue weighted by Crippen LogP contribution is -2.90. The van der Waals surface area contributed by atoms with Crippen LogP contribution in [0.5, 0.6) is 0 Å². The summed E-state index contributed by atoms with van der Waals surface area (Å²) in [7, 11) is 0. The second-order valence-corrected chi connectivity index (χ2v) is 5.46. The molecule has 5 nitrogen and oxygen atoms in total. The molecule has 0 aromatic heterocycles. The molecule has 3 aliphatic heterocycles. The molecule has 0 aliphatic carbocycles. The van der Waals surface area contributed by atoms with Gasteiger partial charge in [0.15, 0.2) is 0 Å². The number of aliphatic hydroxyl groups is 3. The van der Waals surface area contributed by atoms with Gasteiger partial charge in [-0.15, -0.1) is 0 Å². The van der Waals surface area contributed by atoms with E-state index in [1.165, 1.54) is 6.92 Å². The van der Waals surface area contributed by atoms with E-state index in [1.54, 1.807) is 6.92 Å². The highest BCUT2D eigenvalue weighted by Crippen LogP contribution is 2.58. The summed E-state index contributed by atoms with van der Waals surface area (Å²) < 4.78 is 11.0. The molecule has 3 heterocycles. The van der Waals surface area contributed by atoms with Crippen molar-refractivity contribution in [1.29, 1.82) is 0 Å². The van der Waals surface area contributed by atoms with Crippen LogP contribution < -0.4 is 0 Å². The second kappa shape index (κ2) is 3.17. The van der Waals surface area contributed by atoms with Gasteiger partial charge in [-0.05, 0) is 19.8 Å². The summed E-state index contributed by atoms with van der Waals surface area (Å²) in [6.45, 7) is 6.57. The fourth-order valence-electron chi connectivity index (χ4n) is 2.68. The van der Waals surface area contributed by atoms with Gasteiger partial charge in [0.2, 0.25) is 5.79 Å². The van der Waals surface area contributed by atoms with E-state index in [2.05, 4.69) is 0 Å². The van der Waals surface area contributed by atoms with Crippen LogP contribution in [0.2, 0.25) is 0 Å². The number of hydrogen-bond donors (Lipinski definition) is 3. The average molecular weight is 232 g/mol. The van der Waals surface area contributed by atoms with E-state index in [4.69, 9.17) is 9.47 Å². The number of rotatable bonds is 2. The maximum Gasteiger partial charge on any atom is 0.225 e. The van der Waals surface area contributed by atoms with Crippen molar-refractivity contribution in [3.63, 3.8) is 0 Å². The smallest absolute Gasteiger partial charge is 0.225 e. The van der Waals surface area contributed by atoms with Crippen molar-refractivity contribution in [2.45, 2.75) is 56.9 Å². The number of ether oxygens (including phenoxy) is 2. The molecule has 5 heteroatoms. The lowest BCUT2D eigenvalue weighted by atomic mass is 9.64. The molecule has 0 aromatic rings. The Morgan fingerprint density at radius 2 is 1.88 bits per heavy atom. The normalized spacial score (nSPS) is 56.2. The molecule has 3 aliphatic rings. The van der Waals surface area contributed by atoms with E-state index >= 15 is 0 Å². The molecule has 3 fully saturated rings. The van der Waals surface area contributed by atoms with E-state index in [1.807, 2.05) is 13.8 Å². The Hall–Kier alpha value is -0.200. The van der Waals surface area contributed by atoms with E-state index in [0.717, 1.165) is 0 Å². The highest BCUT2D eigenvalue weighted by Gasteiger charge is 2.79. The first kappa shape index (κ1) is 12.3. The molecule has 5 atom stereocenters. The molecule has 3 rings (SSSR count). The summed E-state index contributed by atoms with van der Waals surface area (Å²) in [5, 5.41) is 29.8. The number of hydrogen-bond acceptors (Lipinski definition) is 5. The molecule has 94 valence electrons. The summed E-state index contributed by atoms with van der Waals surface area (Å²) in [4.78, 5) is 0. The Labute approximate surface area is 95.0 Å². The first-order valence-electron chi connectivity index (χ1n) is 5.61. The van der Waals surface area contributed by atoms with E-state index in [-0.39, 0.29) is 5.92 Å². The maximum atomic E-state index is 10.3. The van der Waals surface area contributed by atoms with Gasteiger partial charge in [-0.25, -0.2) is 0 Å². The molecule has 0 spiro atoms. The highest BCUT2D eigenvalue weighted by atomic mass is 16.8. The van der Waals surface area contributed by atoms with Crippen molar-refractivity contribution in [3.05, 3.63) is 0 Å². The Morgan fingerprint density at radius 1 is 1.31 bits per heavy atom. The molecule has 3 N–H and O–H groups in total. The van der Waals surface area contributed by atoms with E-state index < -0.39 is 35.8 Å². The highest BCUT2D eigenvalue weighted by molar-refractivity contribution is 5.22. The van der Waals surface area contributed by atoms with Gasteiger partial charge in [0.1, 0.15) is 23.9 Å². The van der Waals surface area contributed by atoms with Crippen molar-refractivity contribution in [2.24, 2.45) is 5.92 Å². The summed E-state index contributed by atoms with van der Waals surface area (Å²) in [6.07, 6.45) is -1.35. The minimum atomic E-state index is -1.39. The van der Waals surface area contributed by atoms with Crippen LogP contribution >= 0.6 is 0 Å². The van der Waals surface area contributed by atoms with Crippen molar-refractivity contribution in [1.82, 2.24) is 0 Å². The van der Waals surface area contributed by atoms with Crippen LogP contribution in [0.4, 0.5) is 0 Å². The van der Waals surface area contributed by atoms with E-state index in [9.17, 15) is 15.3 Å². The Bertz CT molecular complexity index is 297. The Morgan fingerprint density at radius 3 is 2.25 bits per heavy atom. The Balaban J connectivity index is 2.36. The first-order chi connectivity index (χ1) is 7.22. The standard InChI is InChI=1S/C11H20O5/c1-6(2)7-8(13)9(3)10(4,14)11(5-12,15-7)16-9/h6-8,12-14H,5H2,1-4H3. The molecular weight excluding hydrogens is 212 g/mol. The molecule has 2 bridgehead atoms. The van der Waals surface area contributed by atoms with Gasteiger partial charge >= 0.3 is 0 Å². The van der Waals surface area contributed by atoms with E-state index in [0.29, 0.717) is 0 Å². The summed E-state index contributed by atoms with van der Waals surface area (Å²) in [6, 6.07) is 0. The van der Waals surface area contributed by atoms with Gasteiger partial charge in [-0.2, -0.15) is 0 Å². The zero-order chi connectivity index (χ0) is 12.4. The van der Waals surface area contributed by atoms with Crippen molar-refractivity contribution in [2.75, 3.05) is 6.61 Å². The SMILES string of the molecule is CC(C)C1OC2(CO)OC(C)(C1O)C2(C)O. The predicted octanol–water partition coefficient (Wildman–Crippen LogP) is -0.369. The molecular formula is C11H20O5. The van der Waals surface area contributed by atoms with Crippen LogP contribution in [0.25, 0.3) is 0 Å². The van der Waals surface area contributed by atoms with Crippen LogP contribution in [0.3, 0.4) is 0 Å². The third-order valence-corrected chi connectivity index (χ3v) is 4.15. The fraction of sp³-hybridized carbons (Fsp3) is 1.00. The number of aliphatic hydroxyl groups excluding tert-OH is 2. The molecule has 3 saturated heterocycles. The third kappa shape index (κ3) is 1.08. The maximum absolute atomic E-state index is 10.3. The molecule has 0 amide bonds. The van der Waals surface area contributed by atoms with Crippen molar-refractivity contribution >= 4 is 0 Å². The van der Waals surface area contributed by atoms with Gasteiger partial charge in [0.25, 0.3) is 0 Å². The first-order valence-corrected chi connectivity index (χ1v) is 5.61. The lowest BCUT2D eigenvalue weighted by Gasteiger charge is -2.70. The van der Waals surface area contributed by atoms with Crippen LogP contribution in [0, 0.1) is 5.92 Å². The third-order valence-electron chi connectivity index (χ3n) is 4.15. The van der Waals surface area contributed by atoms with Crippen molar-refractivity contribution < 1.29 is 24.8 Å². The summed E-state index contributed by atoms with van der Waals surface area (Å²) in [5.41, 5.74) is -2.47. The topological polar surface area (TPSA) is 79.2 Å².